The van der Waals surface area contributed by atoms with Gasteiger partial charge in [-0.1, -0.05) is 19.1 Å². The van der Waals surface area contributed by atoms with Crippen LogP contribution in [0.4, 0.5) is 18.4 Å². The minimum Gasteiger partial charge on any atom is -0.460 e. The molecule has 14 heteroatoms. The van der Waals surface area contributed by atoms with E-state index in [9.17, 15) is 23.2 Å². The molecule has 2 aromatic heterocycles. The molecule has 12 nitrogen and oxygen atoms in total. The average molecular weight is 756 g/mol. The second kappa shape index (κ2) is 18.8. The van der Waals surface area contributed by atoms with Gasteiger partial charge in [-0.2, -0.15) is 0 Å². The van der Waals surface area contributed by atoms with E-state index in [1.54, 1.807) is 82.4 Å². The predicted molar refractivity (Wildman–Crippen MR) is 202 cm³/mol. The number of benzene rings is 2. The first-order valence-corrected chi connectivity index (χ1v) is 17.4. The second-order valence-corrected chi connectivity index (χ2v) is 15.8. The molecule has 0 saturated heterocycles. The van der Waals surface area contributed by atoms with Crippen LogP contribution in [0, 0.1) is 25.5 Å². The summed E-state index contributed by atoms with van der Waals surface area (Å²) < 4.78 is 50.7. The first kappa shape index (κ1) is 45.0. The lowest BCUT2D eigenvalue weighted by Gasteiger charge is -2.21. The summed E-state index contributed by atoms with van der Waals surface area (Å²) in [4.78, 5) is 42.1. The van der Waals surface area contributed by atoms with Crippen LogP contribution in [0.3, 0.4) is 0 Å². The van der Waals surface area contributed by atoms with Crippen LogP contribution in [0.5, 0.6) is 0 Å². The molecule has 0 fully saturated rings. The Morgan fingerprint density at radius 2 is 1.07 bits per heavy atom. The van der Waals surface area contributed by atoms with E-state index in [-0.39, 0.29) is 36.0 Å². The molecule has 0 aliphatic heterocycles. The number of carbonyl (C=O) groups is 3. The van der Waals surface area contributed by atoms with Gasteiger partial charge in [0, 0.05) is 35.4 Å². The van der Waals surface area contributed by atoms with Crippen molar-refractivity contribution in [2.45, 2.75) is 125 Å². The van der Waals surface area contributed by atoms with Crippen LogP contribution in [-0.2, 0) is 23.7 Å². The number of aromatic nitrogens is 4. The first-order valence-electron chi connectivity index (χ1n) is 17.4. The number of rotatable bonds is 6. The van der Waals surface area contributed by atoms with Crippen LogP contribution in [0.1, 0.15) is 117 Å². The highest BCUT2D eigenvalue weighted by Gasteiger charge is 2.24. The summed E-state index contributed by atoms with van der Waals surface area (Å²) in [6.45, 7) is 22.8. The molecule has 2 heterocycles. The van der Waals surface area contributed by atoms with E-state index in [1.165, 1.54) is 12.1 Å². The van der Waals surface area contributed by atoms with Gasteiger partial charge >= 0.3 is 18.3 Å². The van der Waals surface area contributed by atoms with Gasteiger partial charge in [-0.25, -0.2) is 28.3 Å². The summed E-state index contributed by atoms with van der Waals surface area (Å²) in [5, 5.41) is 0. The van der Waals surface area contributed by atoms with Gasteiger partial charge in [-0.3, -0.25) is 4.79 Å². The highest BCUT2D eigenvalue weighted by atomic mass is 19.1. The van der Waals surface area contributed by atoms with Crippen LogP contribution in [-0.4, -0.2) is 54.2 Å². The Balaban J connectivity index is 0.000000290. The Morgan fingerprint density at radius 1 is 0.685 bits per heavy atom. The summed E-state index contributed by atoms with van der Waals surface area (Å²) in [6.07, 6.45) is 5.02. The van der Waals surface area contributed by atoms with E-state index in [0.717, 1.165) is 17.1 Å². The third kappa shape index (κ3) is 16.3. The summed E-state index contributed by atoms with van der Waals surface area (Å²) in [6, 6.07) is 9.73. The van der Waals surface area contributed by atoms with Crippen LogP contribution < -0.4 is 5.73 Å². The normalized spacial score (nSPS) is 12.6. The summed E-state index contributed by atoms with van der Waals surface area (Å²) >= 11 is 0. The zero-order valence-electron chi connectivity index (χ0n) is 33.6. The number of nitrogens with zero attached hydrogens (tertiary/aromatic N) is 4. The number of aryl methyl sites for hydroxylation is 2. The van der Waals surface area contributed by atoms with Gasteiger partial charge < -0.3 is 33.8 Å². The van der Waals surface area contributed by atoms with Gasteiger partial charge in [-0.05, 0) is 119 Å². The Bertz CT molecular complexity index is 1840. The maximum absolute atomic E-state index is 14.4. The van der Waals surface area contributed by atoms with Crippen LogP contribution in [0.15, 0.2) is 61.4 Å². The van der Waals surface area contributed by atoms with Crippen molar-refractivity contribution in [2.24, 2.45) is 5.73 Å². The van der Waals surface area contributed by atoms with Gasteiger partial charge in [0.15, 0.2) is 0 Å². The van der Waals surface area contributed by atoms with Gasteiger partial charge in [0.05, 0.1) is 30.5 Å². The maximum atomic E-state index is 14.4. The van der Waals surface area contributed by atoms with Crippen molar-refractivity contribution in [3.05, 3.63) is 95.6 Å². The number of imidazole rings is 2. The van der Waals surface area contributed by atoms with Crippen LogP contribution in [0.25, 0.3) is 11.4 Å². The van der Waals surface area contributed by atoms with Gasteiger partial charge in [0.2, 0.25) is 0 Å². The smallest absolute Gasteiger partial charge is 0.460 e. The average Bonchev–Trinajstić information content (AvgIpc) is 3.62. The lowest BCUT2D eigenvalue weighted by atomic mass is 9.97. The third-order valence-corrected chi connectivity index (χ3v) is 6.85. The third-order valence-electron chi connectivity index (χ3n) is 6.85. The molecule has 4 aromatic rings. The van der Waals surface area contributed by atoms with Gasteiger partial charge in [0.25, 0.3) is 0 Å². The fourth-order valence-electron chi connectivity index (χ4n) is 4.60. The number of halogens is 2. The number of hydrogen-bond acceptors (Lipinski definition) is 10. The minimum absolute atomic E-state index is 0.151. The highest BCUT2D eigenvalue weighted by Crippen LogP contribution is 2.26. The molecule has 0 aliphatic carbocycles. The van der Waals surface area contributed by atoms with E-state index in [0.29, 0.717) is 16.8 Å². The number of hydrogen-bond donors (Lipinski definition) is 1. The molecule has 0 saturated carbocycles. The Hall–Kier alpha value is -5.11. The van der Waals surface area contributed by atoms with Crippen molar-refractivity contribution in [3.8, 4) is 11.4 Å². The molecular weight excluding hydrogens is 700 g/mol. The molecule has 296 valence electrons. The van der Waals surface area contributed by atoms with Crippen LogP contribution >= 0.6 is 0 Å². The fraction of sp³-hybridized carbons (Fsp3) is 0.475. The fourth-order valence-corrected chi connectivity index (χ4v) is 4.60. The Kier molecular flexibility index (Phi) is 15.7. The standard InChI is InChI=1S/C18H23FN2O2.C12H14FN3.C10H18O5/c1-12(8-17(22)23-18(3,4)5)15-7-6-14(9-16(15)19)21-10-13(2)20-11-21;1-8-6-16(7-15-8)10-3-4-11(9(2)14)12(13)5-10;1-9(2,3)14-7(11)13-8(12)15-10(4,5)6/h6-7,9-12H,8H2,1-5H3;3-7,9H,14H2,1-2H3;1-6H3. The molecule has 0 amide bonds. The van der Waals surface area contributed by atoms with Crippen LogP contribution in [0.2, 0.25) is 0 Å². The number of nitrogens with two attached hydrogens (primary N) is 1. The zero-order valence-corrected chi connectivity index (χ0v) is 33.6. The molecule has 0 bridgehead atoms. The Labute approximate surface area is 317 Å². The van der Waals surface area contributed by atoms with Crippen molar-refractivity contribution in [2.75, 3.05) is 0 Å². The zero-order chi connectivity index (χ0) is 41.2. The number of esters is 1. The molecular formula is C40H55F2N5O7. The van der Waals surface area contributed by atoms with Crippen molar-refractivity contribution in [1.82, 2.24) is 19.1 Å². The van der Waals surface area contributed by atoms with Crippen molar-refractivity contribution >= 4 is 18.3 Å². The van der Waals surface area contributed by atoms with Crippen molar-refractivity contribution in [3.63, 3.8) is 0 Å². The lowest BCUT2D eigenvalue weighted by molar-refractivity contribution is -0.155. The topological polar surface area (TPSA) is 150 Å². The highest BCUT2D eigenvalue weighted by molar-refractivity contribution is 5.77. The molecule has 54 heavy (non-hydrogen) atoms. The molecule has 2 unspecified atom stereocenters. The molecule has 0 radical (unpaired) electrons. The molecule has 0 spiro atoms. The Morgan fingerprint density at radius 3 is 1.39 bits per heavy atom. The van der Waals surface area contributed by atoms with E-state index in [1.807, 2.05) is 66.1 Å². The van der Waals surface area contributed by atoms with E-state index in [2.05, 4.69) is 14.7 Å². The quantitative estimate of drug-likeness (QED) is 0.115. The SMILES string of the molecule is CC(C)(C)OC(=O)OC(=O)OC(C)(C)C.Cc1cn(-c2ccc(C(C)CC(=O)OC(C)(C)C)c(F)c2)cn1.Cc1cn(-c2ccc(C(C)N)c(F)c2)cn1. The van der Waals surface area contributed by atoms with Gasteiger partial charge in [0.1, 0.15) is 28.4 Å². The van der Waals surface area contributed by atoms with Crippen molar-refractivity contribution < 1.29 is 42.1 Å². The number of ether oxygens (including phenoxy) is 4. The molecule has 2 atom stereocenters. The summed E-state index contributed by atoms with van der Waals surface area (Å²) in [7, 11) is 0. The summed E-state index contributed by atoms with van der Waals surface area (Å²) in [5.74, 6) is -1.18. The second-order valence-electron chi connectivity index (χ2n) is 15.8. The first-order chi connectivity index (χ1) is 24.7. The summed E-state index contributed by atoms with van der Waals surface area (Å²) in [5.41, 5.74) is 7.99. The lowest BCUT2D eigenvalue weighted by Crippen LogP contribution is -2.29. The molecule has 4 rings (SSSR count). The number of carbonyl (C=O) groups excluding carboxylic acids is 3. The predicted octanol–water partition coefficient (Wildman–Crippen LogP) is 9.37. The molecule has 0 aliphatic rings. The van der Waals surface area contributed by atoms with Gasteiger partial charge in [-0.15, -0.1) is 0 Å². The minimum atomic E-state index is -1.06. The maximum Gasteiger partial charge on any atom is 0.519 e. The largest absolute Gasteiger partial charge is 0.519 e. The van der Waals surface area contributed by atoms with E-state index < -0.39 is 29.1 Å². The molecule has 2 N–H and O–H groups in total. The molecule has 2 aromatic carbocycles. The van der Waals surface area contributed by atoms with Crippen molar-refractivity contribution in [1.29, 1.82) is 0 Å². The van der Waals surface area contributed by atoms with E-state index in [4.69, 9.17) is 19.9 Å². The monoisotopic (exact) mass is 755 g/mol. The van der Waals surface area contributed by atoms with E-state index >= 15 is 0 Å².